The highest BCUT2D eigenvalue weighted by atomic mass is 19.4. The Hall–Kier alpha value is -2.42. The SMILES string of the molecule is Nc1nnc(-c2c(O)cc(C(F)(F)F)cc2F)c2c1COC1(CC1)C2. The van der Waals surface area contributed by atoms with E-state index in [1.54, 1.807) is 0 Å². The molecule has 2 heterocycles. The zero-order chi connectivity index (χ0) is 18.0. The van der Waals surface area contributed by atoms with E-state index in [-0.39, 0.29) is 23.7 Å². The lowest BCUT2D eigenvalue weighted by molar-refractivity contribution is -0.137. The Bertz CT molecular complexity index is 855. The predicted octanol–water partition coefficient (Wildman–Crippen LogP) is 3.19. The number of benzene rings is 1. The van der Waals surface area contributed by atoms with Gasteiger partial charge in [0.15, 0.2) is 5.82 Å². The van der Waals surface area contributed by atoms with E-state index in [0.717, 1.165) is 12.8 Å². The Morgan fingerprint density at radius 1 is 1.16 bits per heavy atom. The number of phenolic OH excluding ortho intramolecular Hbond substituents is 1. The number of fused-ring (bicyclic) bond motifs is 1. The fourth-order valence-electron chi connectivity index (χ4n) is 3.12. The van der Waals surface area contributed by atoms with Crippen LogP contribution in [-0.4, -0.2) is 20.9 Å². The number of hydrogen-bond acceptors (Lipinski definition) is 5. The van der Waals surface area contributed by atoms with Crippen molar-refractivity contribution >= 4 is 5.82 Å². The third kappa shape index (κ3) is 2.58. The van der Waals surface area contributed by atoms with Crippen molar-refractivity contribution in [2.24, 2.45) is 0 Å². The topological polar surface area (TPSA) is 81.3 Å². The Kier molecular flexibility index (Phi) is 3.24. The summed E-state index contributed by atoms with van der Waals surface area (Å²) >= 11 is 0. The predicted molar refractivity (Wildman–Crippen MR) is 79.0 cm³/mol. The maximum atomic E-state index is 14.4. The van der Waals surface area contributed by atoms with Gasteiger partial charge in [-0.05, 0) is 30.5 Å². The number of nitrogen functional groups attached to an aromatic ring is 1. The normalized spacial score (nSPS) is 18.2. The maximum Gasteiger partial charge on any atom is 0.416 e. The average molecular weight is 355 g/mol. The molecular formula is C16H13F4N3O2. The number of aromatic hydroxyl groups is 1. The van der Waals surface area contributed by atoms with Crippen LogP contribution in [0, 0.1) is 5.82 Å². The van der Waals surface area contributed by atoms with Gasteiger partial charge in [-0.25, -0.2) is 4.39 Å². The first-order valence-electron chi connectivity index (χ1n) is 7.58. The summed E-state index contributed by atoms with van der Waals surface area (Å²) in [6.07, 6.45) is -2.71. The van der Waals surface area contributed by atoms with Crippen LogP contribution in [0.4, 0.5) is 23.4 Å². The number of nitrogens with zero attached hydrogens (tertiary/aromatic N) is 2. The van der Waals surface area contributed by atoms with E-state index in [2.05, 4.69) is 10.2 Å². The largest absolute Gasteiger partial charge is 0.507 e. The number of alkyl halides is 3. The van der Waals surface area contributed by atoms with Crippen LogP contribution < -0.4 is 5.73 Å². The molecule has 0 unspecified atom stereocenters. The second-order valence-corrected chi connectivity index (χ2v) is 6.39. The van der Waals surface area contributed by atoms with Gasteiger partial charge in [0.25, 0.3) is 0 Å². The van der Waals surface area contributed by atoms with Gasteiger partial charge >= 0.3 is 6.18 Å². The van der Waals surface area contributed by atoms with Crippen LogP contribution in [0.5, 0.6) is 5.75 Å². The number of ether oxygens (including phenoxy) is 1. The molecule has 0 radical (unpaired) electrons. The molecule has 3 N–H and O–H groups in total. The minimum atomic E-state index is -4.77. The molecule has 1 aromatic heterocycles. The van der Waals surface area contributed by atoms with Gasteiger partial charge in [-0.15, -0.1) is 10.2 Å². The molecule has 0 bridgehead atoms. The van der Waals surface area contributed by atoms with Crippen LogP contribution in [0.15, 0.2) is 12.1 Å². The Balaban J connectivity index is 1.89. The number of anilines is 1. The van der Waals surface area contributed by atoms with Crippen LogP contribution in [-0.2, 0) is 23.9 Å². The summed E-state index contributed by atoms with van der Waals surface area (Å²) in [6.45, 7) is 0.173. The molecule has 5 nitrogen and oxygen atoms in total. The molecule has 1 saturated carbocycles. The molecule has 1 fully saturated rings. The summed E-state index contributed by atoms with van der Waals surface area (Å²) in [5.74, 6) is -1.93. The Labute approximate surface area is 139 Å². The van der Waals surface area contributed by atoms with E-state index >= 15 is 0 Å². The van der Waals surface area contributed by atoms with E-state index in [1.165, 1.54) is 0 Å². The molecule has 132 valence electrons. The van der Waals surface area contributed by atoms with Gasteiger partial charge in [0.1, 0.15) is 17.3 Å². The van der Waals surface area contributed by atoms with E-state index in [0.29, 0.717) is 29.7 Å². The van der Waals surface area contributed by atoms with Crippen molar-refractivity contribution in [2.75, 3.05) is 5.73 Å². The number of phenols is 1. The lowest BCUT2D eigenvalue weighted by Gasteiger charge is -2.27. The highest BCUT2D eigenvalue weighted by Crippen LogP contribution is 2.49. The first-order valence-corrected chi connectivity index (χ1v) is 7.58. The van der Waals surface area contributed by atoms with Crippen molar-refractivity contribution in [2.45, 2.75) is 37.6 Å². The van der Waals surface area contributed by atoms with Gasteiger partial charge < -0.3 is 15.6 Å². The van der Waals surface area contributed by atoms with E-state index < -0.39 is 28.9 Å². The molecule has 2 aliphatic rings. The molecule has 9 heteroatoms. The van der Waals surface area contributed by atoms with Crippen LogP contribution in [0.1, 0.15) is 29.5 Å². The summed E-state index contributed by atoms with van der Waals surface area (Å²) < 4.78 is 58.5. The molecule has 0 atom stereocenters. The molecule has 25 heavy (non-hydrogen) atoms. The first kappa shape index (κ1) is 16.1. The first-order chi connectivity index (χ1) is 11.7. The smallest absolute Gasteiger partial charge is 0.416 e. The molecular weight excluding hydrogens is 342 g/mol. The molecule has 0 saturated heterocycles. The van der Waals surface area contributed by atoms with Crippen molar-refractivity contribution in [3.63, 3.8) is 0 Å². The fourth-order valence-corrected chi connectivity index (χ4v) is 3.12. The number of halogens is 4. The summed E-state index contributed by atoms with van der Waals surface area (Å²) in [7, 11) is 0. The quantitative estimate of drug-likeness (QED) is 0.768. The van der Waals surface area contributed by atoms with Crippen LogP contribution >= 0.6 is 0 Å². The van der Waals surface area contributed by atoms with Gasteiger partial charge in [-0.1, -0.05) is 0 Å². The summed E-state index contributed by atoms with van der Waals surface area (Å²) in [4.78, 5) is 0. The number of hydrogen-bond donors (Lipinski definition) is 2. The standard InChI is InChI=1S/C16H13F4N3O2/c17-10-3-7(16(18,19)20)4-11(24)12(10)13-8-5-15(1-2-15)25-6-9(8)14(21)23-22-13/h3-4,24H,1-2,5-6H2,(H2,21,23). The van der Waals surface area contributed by atoms with E-state index in [4.69, 9.17) is 10.5 Å². The average Bonchev–Trinajstić information content (AvgIpc) is 3.26. The number of rotatable bonds is 1. The number of nitrogens with two attached hydrogens (primary N) is 1. The molecule has 1 aliphatic heterocycles. The van der Waals surface area contributed by atoms with E-state index in [1.807, 2.05) is 0 Å². The van der Waals surface area contributed by atoms with Gasteiger partial charge in [0.05, 0.1) is 23.3 Å². The van der Waals surface area contributed by atoms with Crippen molar-refractivity contribution < 1.29 is 27.4 Å². The van der Waals surface area contributed by atoms with Crippen molar-refractivity contribution in [1.29, 1.82) is 0 Å². The zero-order valence-electron chi connectivity index (χ0n) is 12.8. The molecule has 2 aromatic rings. The van der Waals surface area contributed by atoms with Crippen molar-refractivity contribution in [3.05, 3.63) is 34.6 Å². The Morgan fingerprint density at radius 2 is 1.88 bits per heavy atom. The third-order valence-electron chi connectivity index (χ3n) is 4.68. The van der Waals surface area contributed by atoms with Crippen LogP contribution in [0.3, 0.4) is 0 Å². The highest BCUT2D eigenvalue weighted by Gasteiger charge is 2.48. The van der Waals surface area contributed by atoms with E-state index in [9.17, 15) is 22.7 Å². The second-order valence-electron chi connectivity index (χ2n) is 6.39. The maximum absolute atomic E-state index is 14.4. The Morgan fingerprint density at radius 3 is 2.48 bits per heavy atom. The third-order valence-corrected chi connectivity index (χ3v) is 4.68. The number of aromatic nitrogens is 2. The fraction of sp³-hybridized carbons (Fsp3) is 0.375. The van der Waals surface area contributed by atoms with Gasteiger partial charge in [0, 0.05) is 12.0 Å². The lowest BCUT2D eigenvalue weighted by atomic mass is 9.92. The summed E-state index contributed by atoms with van der Waals surface area (Å²) in [5.41, 5.74) is 4.86. The molecule has 1 aliphatic carbocycles. The molecule has 1 aromatic carbocycles. The summed E-state index contributed by atoms with van der Waals surface area (Å²) in [6, 6.07) is 0.820. The second kappa shape index (κ2) is 5.04. The molecule has 4 rings (SSSR count). The van der Waals surface area contributed by atoms with Crippen molar-refractivity contribution in [1.82, 2.24) is 10.2 Å². The molecule has 1 spiro atoms. The molecule has 0 amide bonds. The van der Waals surface area contributed by atoms with Crippen LogP contribution in [0.25, 0.3) is 11.3 Å². The van der Waals surface area contributed by atoms with Gasteiger partial charge in [-0.2, -0.15) is 13.2 Å². The van der Waals surface area contributed by atoms with Crippen LogP contribution in [0.2, 0.25) is 0 Å². The highest BCUT2D eigenvalue weighted by molar-refractivity contribution is 5.73. The minimum absolute atomic E-state index is 0.00231. The zero-order valence-corrected chi connectivity index (χ0v) is 12.8. The lowest BCUT2D eigenvalue weighted by Crippen LogP contribution is -2.26. The minimum Gasteiger partial charge on any atom is -0.507 e. The summed E-state index contributed by atoms with van der Waals surface area (Å²) in [5, 5.41) is 17.6. The van der Waals surface area contributed by atoms with Gasteiger partial charge in [-0.3, -0.25) is 0 Å². The van der Waals surface area contributed by atoms with Gasteiger partial charge in [0.2, 0.25) is 0 Å². The van der Waals surface area contributed by atoms with Crippen molar-refractivity contribution in [3.8, 4) is 17.0 Å². The monoisotopic (exact) mass is 355 g/mol.